The first-order chi connectivity index (χ1) is 9.33. The van der Waals surface area contributed by atoms with Crippen LogP contribution in [0.1, 0.15) is 30.2 Å². The summed E-state index contributed by atoms with van der Waals surface area (Å²) in [6.07, 6.45) is 4.12. The monoisotopic (exact) mass is 259 g/mol. The van der Waals surface area contributed by atoms with Crippen molar-refractivity contribution in [1.29, 1.82) is 0 Å². The first-order valence-corrected chi connectivity index (χ1v) is 6.55. The zero-order chi connectivity index (χ0) is 13.1. The molecule has 2 aromatic heterocycles. The molecule has 3 rings (SSSR count). The van der Waals surface area contributed by atoms with Crippen molar-refractivity contribution >= 4 is 11.8 Å². The van der Waals surface area contributed by atoms with E-state index in [1.54, 1.807) is 6.20 Å². The third-order valence-corrected chi connectivity index (χ3v) is 3.07. The summed E-state index contributed by atoms with van der Waals surface area (Å²) >= 11 is 0. The molecule has 0 saturated heterocycles. The first-order valence-electron chi connectivity index (χ1n) is 6.55. The summed E-state index contributed by atoms with van der Waals surface area (Å²) in [6.45, 7) is 3.49. The highest BCUT2D eigenvalue weighted by Crippen LogP contribution is 2.39. The van der Waals surface area contributed by atoms with E-state index in [-0.39, 0.29) is 0 Å². The zero-order valence-corrected chi connectivity index (χ0v) is 10.9. The van der Waals surface area contributed by atoms with E-state index in [1.807, 2.05) is 19.1 Å². The molecule has 6 heteroatoms. The van der Waals surface area contributed by atoms with E-state index in [2.05, 4.69) is 25.8 Å². The lowest BCUT2D eigenvalue weighted by molar-refractivity contribution is 0.507. The van der Waals surface area contributed by atoms with Crippen molar-refractivity contribution in [2.75, 3.05) is 23.7 Å². The molecule has 1 saturated carbocycles. The van der Waals surface area contributed by atoms with E-state index in [0.717, 1.165) is 23.8 Å². The highest BCUT2D eigenvalue weighted by atomic mass is 16.4. The van der Waals surface area contributed by atoms with Gasteiger partial charge in [-0.25, -0.2) is 4.98 Å². The first kappa shape index (κ1) is 12.0. The van der Waals surface area contributed by atoms with Crippen LogP contribution in [0.2, 0.25) is 0 Å². The molecule has 1 aliphatic rings. The van der Waals surface area contributed by atoms with Crippen LogP contribution in [0.15, 0.2) is 22.7 Å². The van der Waals surface area contributed by atoms with Gasteiger partial charge in [-0.1, -0.05) is 11.2 Å². The predicted octanol–water partition coefficient (Wildman–Crippen LogP) is 2.17. The van der Waals surface area contributed by atoms with Gasteiger partial charge in [0.25, 0.3) is 0 Å². The van der Waals surface area contributed by atoms with Crippen molar-refractivity contribution in [1.82, 2.24) is 15.2 Å². The van der Waals surface area contributed by atoms with E-state index in [0.29, 0.717) is 18.5 Å². The smallest absolute Gasteiger partial charge is 0.315 e. The topological polar surface area (TPSA) is 75.9 Å². The van der Waals surface area contributed by atoms with Gasteiger partial charge in [0.1, 0.15) is 5.82 Å². The van der Waals surface area contributed by atoms with Gasteiger partial charge < -0.3 is 15.1 Å². The molecule has 0 amide bonds. The standard InChI is InChI=1S/C13H17N5O/c1-9-3-2-6-14-11(9)15-7-8-16-13-18-17-12(19-13)10-4-5-10/h2-3,6,10H,4-5,7-8H2,1H3,(H,14,15)(H,16,18). The van der Waals surface area contributed by atoms with E-state index >= 15 is 0 Å². The molecule has 0 radical (unpaired) electrons. The summed E-state index contributed by atoms with van der Waals surface area (Å²) in [5, 5.41) is 14.4. The van der Waals surface area contributed by atoms with Crippen molar-refractivity contribution in [2.45, 2.75) is 25.7 Å². The van der Waals surface area contributed by atoms with Crippen molar-refractivity contribution in [3.8, 4) is 0 Å². The quantitative estimate of drug-likeness (QED) is 0.774. The van der Waals surface area contributed by atoms with Gasteiger partial charge >= 0.3 is 6.01 Å². The van der Waals surface area contributed by atoms with Crippen molar-refractivity contribution in [2.24, 2.45) is 0 Å². The Hall–Kier alpha value is -2.11. The molecule has 0 atom stereocenters. The number of anilines is 2. The second-order valence-corrected chi connectivity index (χ2v) is 4.74. The fourth-order valence-electron chi connectivity index (χ4n) is 1.82. The maximum Gasteiger partial charge on any atom is 0.315 e. The van der Waals surface area contributed by atoms with Gasteiger partial charge in [-0.05, 0) is 31.4 Å². The fourth-order valence-corrected chi connectivity index (χ4v) is 1.82. The van der Waals surface area contributed by atoms with E-state index in [1.165, 1.54) is 12.8 Å². The molecule has 0 spiro atoms. The van der Waals surface area contributed by atoms with Gasteiger partial charge in [-0.2, -0.15) is 0 Å². The van der Waals surface area contributed by atoms with E-state index in [9.17, 15) is 0 Å². The molecule has 0 aliphatic heterocycles. The Bertz CT molecular complexity index is 549. The summed E-state index contributed by atoms with van der Waals surface area (Å²) in [4.78, 5) is 4.27. The number of hydrogen-bond donors (Lipinski definition) is 2. The molecule has 6 nitrogen and oxygen atoms in total. The lowest BCUT2D eigenvalue weighted by atomic mass is 10.3. The van der Waals surface area contributed by atoms with Crippen LogP contribution in [0.3, 0.4) is 0 Å². The van der Waals surface area contributed by atoms with E-state index < -0.39 is 0 Å². The molecule has 1 fully saturated rings. The van der Waals surface area contributed by atoms with Crippen molar-refractivity contribution in [3.05, 3.63) is 29.8 Å². The van der Waals surface area contributed by atoms with Crippen molar-refractivity contribution < 1.29 is 4.42 Å². The summed E-state index contributed by atoms with van der Waals surface area (Å²) in [7, 11) is 0. The highest BCUT2D eigenvalue weighted by molar-refractivity contribution is 5.42. The Morgan fingerprint density at radius 1 is 1.26 bits per heavy atom. The van der Waals surface area contributed by atoms with Crippen LogP contribution in [-0.2, 0) is 0 Å². The third-order valence-electron chi connectivity index (χ3n) is 3.07. The summed E-state index contributed by atoms with van der Waals surface area (Å²) in [5.41, 5.74) is 1.14. The Morgan fingerprint density at radius 3 is 2.89 bits per heavy atom. The summed E-state index contributed by atoms with van der Waals surface area (Å²) in [6, 6.07) is 4.46. The molecule has 19 heavy (non-hydrogen) atoms. The maximum absolute atomic E-state index is 5.51. The van der Waals surface area contributed by atoms with Crippen LogP contribution < -0.4 is 10.6 Å². The zero-order valence-electron chi connectivity index (χ0n) is 10.9. The van der Waals surface area contributed by atoms with Crippen LogP contribution >= 0.6 is 0 Å². The molecule has 1 aliphatic carbocycles. The summed E-state index contributed by atoms with van der Waals surface area (Å²) in [5.74, 6) is 2.17. The fraction of sp³-hybridized carbons (Fsp3) is 0.462. The van der Waals surface area contributed by atoms with Gasteiger partial charge in [0.2, 0.25) is 5.89 Å². The molecule has 0 unspecified atom stereocenters. The Labute approximate surface area is 111 Å². The number of aromatic nitrogens is 3. The molecule has 100 valence electrons. The van der Waals surface area contributed by atoms with Gasteiger partial charge in [0.15, 0.2) is 0 Å². The van der Waals surface area contributed by atoms with Gasteiger partial charge in [0, 0.05) is 25.2 Å². The van der Waals surface area contributed by atoms with Gasteiger partial charge in [0.05, 0.1) is 0 Å². The predicted molar refractivity (Wildman–Crippen MR) is 72.2 cm³/mol. The SMILES string of the molecule is Cc1cccnc1NCCNc1nnc(C2CC2)o1. The molecule has 0 bridgehead atoms. The maximum atomic E-state index is 5.51. The number of hydrogen-bond acceptors (Lipinski definition) is 6. The second-order valence-electron chi connectivity index (χ2n) is 4.74. The molecule has 2 N–H and O–H groups in total. The minimum Gasteiger partial charge on any atom is -0.408 e. The lowest BCUT2D eigenvalue weighted by Crippen LogP contribution is -2.15. The molecule has 2 aromatic rings. The number of nitrogens with one attached hydrogen (secondary N) is 2. The number of rotatable bonds is 6. The average molecular weight is 259 g/mol. The minimum absolute atomic E-state index is 0.498. The molecular formula is C13H17N5O. The van der Waals surface area contributed by atoms with Crippen molar-refractivity contribution in [3.63, 3.8) is 0 Å². The number of aryl methyl sites for hydroxylation is 1. The average Bonchev–Trinajstić information content (AvgIpc) is 3.17. The molecular weight excluding hydrogens is 242 g/mol. The van der Waals surface area contributed by atoms with Crippen LogP contribution in [0.4, 0.5) is 11.8 Å². The minimum atomic E-state index is 0.498. The van der Waals surface area contributed by atoms with Crippen LogP contribution in [0.5, 0.6) is 0 Å². The Balaban J connectivity index is 1.44. The second kappa shape index (κ2) is 5.26. The van der Waals surface area contributed by atoms with E-state index in [4.69, 9.17) is 4.42 Å². The van der Waals surface area contributed by atoms with Gasteiger partial charge in [-0.15, -0.1) is 5.10 Å². The lowest BCUT2D eigenvalue weighted by Gasteiger charge is -2.07. The van der Waals surface area contributed by atoms with Gasteiger partial charge in [-0.3, -0.25) is 0 Å². The van der Waals surface area contributed by atoms with Crippen LogP contribution in [0.25, 0.3) is 0 Å². The summed E-state index contributed by atoms with van der Waals surface area (Å²) < 4.78 is 5.51. The normalized spacial score (nSPS) is 14.4. The molecule has 0 aromatic carbocycles. The number of nitrogens with zero attached hydrogens (tertiary/aromatic N) is 3. The third kappa shape index (κ3) is 3.01. The van der Waals surface area contributed by atoms with Crippen LogP contribution in [-0.4, -0.2) is 28.3 Å². The highest BCUT2D eigenvalue weighted by Gasteiger charge is 2.29. The largest absolute Gasteiger partial charge is 0.408 e. The number of pyridine rings is 1. The molecule has 2 heterocycles. The van der Waals surface area contributed by atoms with Crippen LogP contribution in [0, 0.1) is 6.92 Å². The Morgan fingerprint density at radius 2 is 2.11 bits per heavy atom. The Kier molecular flexibility index (Phi) is 3.31.